The monoisotopic (exact) mass is 272 g/mol. The van der Waals surface area contributed by atoms with E-state index in [4.69, 9.17) is 5.11 Å². The first-order valence-corrected chi connectivity index (χ1v) is 6.30. The zero-order chi connectivity index (χ0) is 14.4. The maximum atomic E-state index is 12.4. The lowest BCUT2D eigenvalue weighted by atomic mass is 10.2. The lowest BCUT2D eigenvalue weighted by Crippen LogP contribution is -2.33. The second kappa shape index (κ2) is 6.68. The lowest BCUT2D eigenvalue weighted by Gasteiger charge is -2.21. The summed E-state index contributed by atoms with van der Waals surface area (Å²) >= 11 is 0. The van der Waals surface area contributed by atoms with E-state index in [1.54, 1.807) is 6.07 Å². The van der Waals surface area contributed by atoms with E-state index in [-0.39, 0.29) is 24.6 Å². The van der Waals surface area contributed by atoms with Crippen molar-refractivity contribution in [2.75, 3.05) is 13.2 Å². The van der Waals surface area contributed by atoms with E-state index in [0.717, 1.165) is 5.56 Å². The molecule has 0 saturated heterocycles. The Morgan fingerprint density at radius 3 is 2.55 bits per heavy atom. The number of nitrogens with zero attached hydrogens (tertiary/aromatic N) is 2. The normalized spacial score (nSPS) is 10.2. The molecule has 0 spiro atoms. The van der Waals surface area contributed by atoms with Crippen LogP contribution in [0.3, 0.4) is 0 Å². The summed E-state index contributed by atoms with van der Waals surface area (Å²) in [6.07, 6.45) is 1.45. The Morgan fingerprint density at radius 2 is 1.90 bits per heavy atom. The number of aliphatic hydroxyl groups is 1. The van der Waals surface area contributed by atoms with Crippen LogP contribution in [0.15, 0.2) is 48.7 Å². The number of hydrogen-bond donors (Lipinski definition) is 2. The van der Waals surface area contributed by atoms with Gasteiger partial charge >= 0.3 is 0 Å². The van der Waals surface area contributed by atoms with Crippen molar-refractivity contribution < 1.29 is 15.0 Å². The van der Waals surface area contributed by atoms with Crippen LogP contribution in [0.25, 0.3) is 0 Å². The van der Waals surface area contributed by atoms with Crippen LogP contribution in [0.5, 0.6) is 5.75 Å². The van der Waals surface area contributed by atoms with Gasteiger partial charge in [-0.2, -0.15) is 0 Å². The predicted octanol–water partition coefficient (Wildman–Crippen LogP) is 1.42. The molecule has 104 valence electrons. The second-order valence-corrected chi connectivity index (χ2v) is 4.31. The molecule has 0 radical (unpaired) electrons. The summed E-state index contributed by atoms with van der Waals surface area (Å²) in [6, 6.07) is 12.4. The van der Waals surface area contributed by atoms with Crippen LogP contribution in [0.1, 0.15) is 16.1 Å². The van der Waals surface area contributed by atoms with Gasteiger partial charge in [-0.1, -0.05) is 30.3 Å². The van der Waals surface area contributed by atoms with Gasteiger partial charge in [0.2, 0.25) is 0 Å². The highest BCUT2D eigenvalue weighted by Gasteiger charge is 2.19. The molecule has 0 unspecified atom stereocenters. The molecule has 1 aromatic heterocycles. The quantitative estimate of drug-likeness (QED) is 0.863. The molecule has 5 heteroatoms. The van der Waals surface area contributed by atoms with Crippen molar-refractivity contribution in [3.63, 3.8) is 0 Å². The van der Waals surface area contributed by atoms with E-state index >= 15 is 0 Å². The van der Waals surface area contributed by atoms with E-state index < -0.39 is 5.91 Å². The van der Waals surface area contributed by atoms with Crippen LogP contribution in [-0.4, -0.2) is 39.2 Å². The zero-order valence-electron chi connectivity index (χ0n) is 10.9. The van der Waals surface area contributed by atoms with Crippen molar-refractivity contribution in [1.82, 2.24) is 9.88 Å². The minimum Gasteiger partial charge on any atom is -0.505 e. The van der Waals surface area contributed by atoms with Gasteiger partial charge in [0, 0.05) is 19.3 Å². The van der Waals surface area contributed by atoms with E-state index in [2.05, 4.69) is 4.98 Å². The van der Waals surface area contributed by atoms with Crippen molar-refractivity contribution in [2.45, 2.75) is 6.54 Å². The number of rotatable bonds is 5. The lowest BCUT2D eigenvalue weighted by molar-refractivity contribution is 0.0698. The number of amides is 1. The van der Waals surface area contributed by atoms with Crippen molar-refractivity contribution >= 4 is 5.91 Å². The molecule has 20 heavy (non-hydrogen) atoms. The molecule has 1 amide bonds. The number of carbonyl (C=O) groups excluding carboxylic acids is 1. The molecule has 0 saturated carbocycles. The number of pyridine rings is 1. The number of hydrogen-bond acceptors (Lipinski definition) is 4. The molecule has 0 aliphatic heterocycles. The molecule has 0 aliphatic rings. The molecule has 2 N–H and O–H groups in total. The third-order valence-electron chi connectivity index (χ3n) is 2.86. The van der Waals surface area contributed by atoms with E-state index in [9.17, 15) is 9.90 Å². The van der Waals surface area contributed by atoms with Crippen molar-refractivity contribution in [2.24, 2.45) is 0 Å². The Bertz CT molecular complexity index is 572. The Hall–Kier alpha value is -2.40. The van der Waals surface area contributed by atoms with E-state index in [1.165, 1.54) is 17.2 Å². The van der Waals surface area contributed by atoms with Gasteiger partial charge in [0.1, 0.15) is 5.75 Å². The van der Waals surface area contributed by atoms with Crippen LogP contribution in [-0.2, 0) is 6.54 Å². The maximum Gasteiger partial charge on any atom is 0.276 e. The molecule has 0 atom stereocenters. The number of carbonyl (C=O) groups is 1. The fraction of sp³-hybridized carbons (Fsp3) is 0.200. The first kappa shape index (κ1) is 14.0. The standard InChI is InChI=1S/C15H16N2O3/c18-10-9-17(11-12-5-2-1-3-6-12)15(20)14-13(19)7-4-8-16-14/h1-8,18-19H,9-11H2. The number of aliphatic hydroxyl groups excluding tert-OH is 1. The van der Waals surface area contributed by atoms with Crippen molar-refractivity contribution in [1.29, 1.82) is 0 Å². The molecule has 2 aromatic rings. The van der Waals surface area contributed by atoms with Crippen LogP contribution >= 0.6 is 0 Å². The highest BCUT2D eigenvalue weighted by atomic mass is 16.3. The average Bonchev–Trinajstić information content (AvgIpc) is 2.48. The topological polar surface area (TPSA) is 73.7 Å². The Labute approximate surface area is 117 Å². The summed E-state index contributed by atoms with van der Waals surface area (Å²) in [4.78, 5) is 17.7. The highest BCUT2D eigenvalue weighted by Crippen LogP contribution is 2.16. The largest absolute Gasteiger partial charge is 0.505 e. The average molecular weight is 272 g/mol. The van der Waals surface area contributed by atoms with Crippen molar-refractivity contribution in [3.8, 4) is 5.75 Å². The molecule has 5 nitrogen and oxygen atoms in total. The Morgan fingerprint density at radius 1 is 1.15 bits per heavy atom. The minimum absolute atomic E-state index is 0.00289. The summed E-state index contributed by atoms with van der Waals surface area (Å²) in [5.41, 5.74) is 0.946. The fourth-order valence-corrected chi connectivity index (χ4v) is 1.89. The molecule has 0 fully saturated rings. The third kappa shape index (κ3) is 3.33. The molecule has 1 aromatic carbocycles. The third-order valence-corrected chi connectivity index (χ3v) is 2.86. The Balaban J connectivity index is 2.20. The zero-order valence-corrected chi connectivity index (χ0v) is 10.9. The summed E-state index contributed by atoms with van der Waals surface area (Å²) in [5, 5.41) is 18.8. The van der Waals surface area contributed by atoms with Gasteiger partial charge in [-0.25, -0.2) is 4.98 Å². The van der Waals surface area contributed by atoms with Gasteiger partial charge in [0.05, 0.1) is 6.61 Å². The van der Waals surface area contributed by atoms with Crippen LogP contribution in [0, 0.1) is 0 Å². The molecule has 1 heterocycles. The van der Waals surface area contributed by atoms with Gasteiger partial charge in [0.25, 0.3) is 5.91 Å². The van der Waals surface area contributed by atoms with Gasteiger partial charge in [-0.3, -0.25) is 4.79 Å². The second-order valence-electron chi connectivity index (χ2n) is 4.31. The van der Waals surface area contributed by atoms with Gasteiger partial charge in [-0.05, 0) is 17.7 Å². The summed E-state index contributed by atoms with van der Waals surface area (Å²) in [7, 11) is 0. The molecule has 2 rings (SSSR count). The number of aromatic hydroxyl groups is 1. The number of benzene rings is 1. The first-order chi connectivity index (χ1) is 9.72. The van der Waals surface area contributed by atoms with Crippen LogP contribution < -0.4 is 0 Å². The SMILES string of the molecule is O=C(c1ncccc1O)N(CCO)Cc1ccccc1. The molecule has 0 bridgehead atoms. The fourth-order valence-electron chi connectivity index (χ4n) is 1.89. The van der Waals surface area contributed by atoms with Crippen molar-refractivity contribution in [3.05, 3.63) is 59.9 Å². The smallest absolute Gasteiger partial charge is 0.276 e. The summed E-state index contributed by atoms with van der Waals surface area (Å²) < 4.78 is 0. The summed E-state index contributed by atoms with van der Waals surface area (Å²) in [6.45, 7) is 0.395. The van der Waals surface area contributed by atoms with Gasteiger partial charge < -0.3 is 15.1 Å². The maximum absolute atomic E-state index is 12.4. The van der Waals surface area contributed by atoms with E-state index in [1.807, 2.05) is 30.3 Å². The molecule has 0 aliphatic carbocycles. The van der Waals surface area contributed by atoms with E-state index in [0.29, 0.717) is 6.54 Å². The molecular formula is C15H16N2O3. The van der Waals surface area contributed by atoms with Gasteiger partial charge in [-0.15, -0.1) is 0 Å². The van der Waals surface area contributed by atoms with Crippen LogP contribution in [0.4, 0.5) is 0 Å². The first-order valence-electron chi connectivity index (χ1n) is 6.30. The van der Waals surface area contributed by atoms with Crippen LogP contribution in [0.2, 0.25) is 0 Å². The number of aromatic nitrogens is 1. The molecular weight excluding hydrogens is 256 g/mol. The Kier molecular flexibility index (Phi) is 4.68. The minimum atomic E-state index is -0.402. The predicted molar refractivity (Wildman–Crippen MR) is 74.2 cm³/mol. The summed E-state index contributed by atoms with van der Waals surface area (Å²) in [5.74, 6) is -0.561. The highest BCUT2D eigenvalue weighted by molar-refractivity contribution is 5.94. The van der Waals surface area contributed by atoms with Gasteiger partial charge in [0.15, 0.2) is 5.69 Å².